The third kappa shape index (κ3) is 3.35. The van der Waals surface area contributed by atoms with Crippen molar-refractivity contribution in [3.05, 3.63) is 65.7 Å². The molecule has 0 heterocycles. The summed E-state index contributed by atoms with van der Waals surface area (Å²) in [5, 5.41) is 0. The minimum atomic E-state index is -0.385. The lowest BCUT2D eigenvalue weighted by atomic mass is 10.0. The molecule has 0 bridgehead atoms. The molecule has 2 rings (SSSR count). The van der Waals surface area contributed by atoms with Crippen molar-refractivity contribution in [2.45, 2.75) is 13.0 Å². The maximum Gasteiger partial charge on any atom is 0.303 e. The smallest absolute Gasteiger partial charge is 0.303 e. The molecule has 0 N–H and O–H groups in total. The van der Waals surface area contributed by atoms with E-state index in [1.54, 1.807) is 7.11 Å². The van der Waals surface area contributed by atoms with Gasteiger partial charge in [-0.1, -0.05) is 42.5 Å². The van der Waals surface area contributed by atoms with Gasteiger partial charge in [-0.25, -0.2) is 0 Å². The number of esters is 1. The predicted molar refractivity (Wildman–Crippen MR) is 73.0 cm³/mol. The van der Waals surface area contributed by atoms with Crippen LogP contribution in [0, 0.1) is 0 Å². The minimum Gasteiger partial charge on any atom is -0.497 e. The summed E-state index contributed by atoms with van der Waals surface area (Å²) in [4.78, 5) is 11.3. The lowest BCUT2D eigenvalue weighted by molar-refractivity contribution is -0.144. The molecule has 0 spiro atoms. The highest BCUT2D eigenvalue weighted by Gasteiger charge is 2.16. The van der Waals surface area contributed by atoms with Crippen molar-refractivity contribution in [2.24, 2.45) is 0 Å². The third-order valence-corrected chi connectivity index (χ3v) is 2.80. The van der Waals surface area contributed by atoms with E-state index in [-0.39, 0.29) is 12.1 Å². The highest BCUT2D eigenvalue weighted by atomic mass is 16.5. The Labute approximate surface area is 112 Å². The molecule has 1 unspecified atom stereocenters. The normalized spacial score (nSPS) is 11.7. The second kappa shape index (κ2) is 6.05. The molecule has 2 aromatic carbocycles. The summed E-state index contributed by atoms with van der Waals surface area (Å²) in [5.41, 5.74) is 1.87. The van der Waals surface area contributed by atoms with Crippen molar-refractivity contribution in [1.82, 2.24) is 0 Å². The first kappa shape index (κ1) is 13.1. The summed E-state index contributed by atoms with van der Waals surface area (Å²) in [6.45, 7) is 1.42. The molecule has 0 aliphatic carbocycles. The van der Waals surface area contributed by atoms with Gasteiger partial charge < -0.3 is 9.47 Å². The largest absolute Gasteiger partial charge is 0.497 e. The van der Waals surface area contributed by atoms with Gasteiger partial charge in [0.1, 0.15) is 5.75 Å². The second-order valence-electron chi connectivity index (χ2n) is 4.17. The van der Waals surface area contributed by atoms with Crippen molar-refractivity contribution >= 4 is 5.97 Å². The Bertz CT molecular complexity index is 532. The Morgan fingerprint density at radius 3 is 2.05 bits per heavy atom. The van der Waals surface area contributed by atoms with Gasteiger partial charge in [-0.05, 0) is 23.3 Å². The average molecular weight is 256 g/mol. The zero-order chi connectivity index (χ0) is 13.7. The molecule has 98 valence electrons. The van der Waals surface area contributed by atoms with Crippen molar-refractivity contribution in [2.75, 3.05) is 7.11 Å². The molecule has 0 fully saturated rings. The van der Waals surface area contributed by atoms with Crippen molar-refractivity contribution in [3.8, 4) is 5.75 Å². The van der Waals surface area contributed by atoms with Gasteiger partial charge in [-0.3, -0.25) is 4.79 Å². The molecule has 3 heteroatoms. The molecule has 0 saturated heterocycles. The van der Waals surface area contributed by atoms with Gasteiger partial charge in [0, 0.05) is 6.92 Å². The molecule has 19 heavy (non-hydrogen) atoms. The van der Waals surface area contributed by atoms with Gasteiger partial charge in [0.2, 0.25) is 0 Å². The highest BCUT2D eigenvalue weighted by molar-refractivity contribution is 5.66. The molecule has 0 saturated carbocycles. The molecule has 1 atom stereocenters. The lowest BCUT2D eigenvalue weighted by Crippen LogP contribution is -2.09. The van der Waals surface area contributed by atoms with E-state index in [9.17, 15) is 4.79 Å². The Hall–Kier alpha value is -2.29. The van der Waals surface area contributed by atoms with E-state index in [4.69, 9.17) is 9.47 Å². The molecule has 3 nitrogen and oxygen atoms in total. The number of rotatable bonds is 4. The predicted octanol–water partition coefficient (Wildman–Crippen LogP) is 3.35. The van der Waals surface area contributed by atoms with E-state index in [1.165, 1.54) is 6.92 Å². The van der Waals surface area contributed by atoms with Crippen LogP contribution in [-0.2, 0) is 9.53 Å². The van der Waals surface area contributed by atoms with E-state index < -0.39 is 0 Å². The van der Waals surface area contributed by atoms with Crippen LogP contribution >= 0.6 is 0 Å². The standard InChI is InChI=1S/C16H16O3/c1-12(17)19-16(13-6-4-3-5-7-13)14-8-10-15(18-2)11-9-14/h3-11,16H,1-2H3. The molecular formula is C16H16O3. The third-order valence-electron chi connectivity index (χ3n) is 2.80. The summed E-state index contributed by atoms with van der Waals surface area (Å²) in [6, 6.07) is 17.2. The summed E-state index contributed by atoms with van der Waals surface area (Å²) in [6.07, 6.45) is -0.385. The number of carbonyl (C=O) groups excluding carboxylic acids is 1. The van der Waals surface area contributed by atoms with E-state index >= 15 is 0 Å². The molecule has 2 aromatic rings. The van der Waals surface area contributed by atoms with Crippen molar-refractivity contribution < 1.29 is 14.3 Å². The molecule has 0 aromatic heterocycles. The van der Waals surface area contributed by atoms with Gasteiger partial charge in [0.05, 0.1) is 7.11 Å². The number of methoxy groups -OCH3 is 1. The van der Waals surface area contributed by atoms with Crippen LogP contribution in [0.15, 0.2) is 54.6 Å². The monoisotopic (exact) mass is 256 g/mol. The minimum absolute atomic E-state index is 0.301. The second-order valence-corrected chi connectivity index (χ2v) is 4.17. The zero-order valence-electron chi connectivity index (χ0n) is 11.0. The van der Waals surface area contributed by atoms with Crippen LogP contribution in [0.4, 0.5) is 0 Å². The van der Waals surface area contributed by atoms with E-state index in [0.29, 0.717) is 0 Å². The molecule has 0 amide bonds. The molecule has 0 aliphatic rings. The van der Waals surface area contributed by atoms with Gasteiger partial charge in [-0.15, -0.1) is 0 Å². The van der Waals surface area contributed by atoms with Crippen LogP contribution in [0.1, 0.15) is 24.2 Å². The van der Waals surface area contributed by atoms with Gasteiger partial charge in [0.15, 0.2) is 6.10 Å². The lowest BCUT2D eigenvalue weighted by Gasteiger charge is -2.18. The van der Waals surface area contributed by atoms with Crippen molar-refractivity contribution in [1.29, 1.82) is 0 Å². The number of ether oxygens (including phenoxy) is 2. The fourth-order valence-electron chi connectivity index (χ4n) is 1.90. The van der Waals surface area contributed by atoms with E-state index in [1.807, 2.05) is 54.6 Å². The van der Waals surface area contributed by atoms with E-state index in [2.05, 4.69) is 0 Å². The van der Waals surface area contributed by atoms with Gasteiger partial charge in [-0.2, -0.15) is 0 Å². The Balaban J connectivity index is 2.34. The highest BCUT2D eigenvalue weighted by Crippen LogP contribution is 2.27. The first-order valence-electron chi connectivity index (χ1n) is 6.07. The zero-order valence-corrected chi connectivity index (χ0v) is 11.0. The Morgan fingerprint density at radius 2 is 1.53 bits per heavy atom. The SMILES string of the molecule is COc1ccc(C(OC(C)=O)c2ccccc2)cc1. The van der Waals surface area contributed by atoms with Gasteiger partial charge >= 0.3 is 5.97 Å². The maximum atomic E-state index is 11.3. The Kier molecular flexibility index (Phi) is 4.18. The van der Waals surface area contributed by atoms with Crippen LogP contribution < -0.4 is 4.74 Å². The van der Waals surface area contributed by atoms with Gasteiger partial charge in [0.25, 0.3) is 0 Å². The summed E-state index contributed by atoms with van der Waals surface area (Å²) < 4.78 is 10.5. The Morgan fingerprint density at radius 1 is 0.947 bits per heavy atom. The first-order valence-corrected chi connectivity index (χ1v) is 6.07. The van der Waals surface area contributed by atoms with E-state index in [0.717, 1.165) is 16.9 Å². The van der Waals surface area contributed by atoms with Crippen LogP contribution in [0.3, 0.4) is 0 Å². The summed E-state index contributed by atoms with van der Waals surface area (Å²) in [7, 11) is 1.62. The number of carbonyl (C=O) groups is 1. The van der Waals surface area contributed by atoms with Crippen LogP contribution in [0.5, 0.6) is 5.75 Å². The quantitative estimate of drug-likeness (QED) is 0.787. The van der Waals surface area contributed by atoms with Crippen molar-refractivity contribution in [3.63, 3.8) is 0 Å². The summed E-state index contributed by atoms with van der Waals surface area (Å²) >= 11 is 0. The molecule has 0 aliphatic heterocycles. The summed E-state index contributed by atoms with van der Waals surface area (Å²) in [5.74, 6) is 0.475. The fraction of sp³-hybridized carbons (Fsp3) is 0.188. The van der Waals surface area contributed by atoms with Crippen LogP contribution in [-0.4, -0.2) is 13.1 Å². The first-order chi connectivity index (χ1) is 9.20. The van der Waals surface area contributed by atoms with Crippen LogP contribution in [0.25, 0.3) is 0 Å². The maximum absolute atomic E-state index is 11.3. The average Bonchev–Trinajstić information content (AvgIpc) is 2.46. The number of hydrogen-bond acceptors (Lipinski definition) is 3. The van der Waals surface area contributed by atoms with Crippen LogP contribution in [0.2, 0.25) is 0 Å². The fourth-order valence-corrected chi connectivity index (χ4v) is 1.90. The topological polar surface area (TPSA) is 35.5 Å². The molecule has 0 radical (unpaired) electrons. The molecular weight excluding hydrogens is 240 g/mol. The number of hydrogen-bond donors (Lipinski definition) is 0. The number of benzene rings is 2.